The molecule has 0 spiro atoms. The summed E-state index contributed by atoms with van der Waals surface area (Å²) in [5, 5.41) is 0. The van der Waals surface area contributed by atoms with Crippen molar-refractivity contribution in [3.05, 3.63) is 371 Å². The third-order valence-electron chi connectivity index (χ3n) is 22.5. The fourth-order valence-corrected chi connectivity index (χ4v) is 17.3. The molecule has 9 nitrogen and oxygen atoms in total. The van der Waals surface area contributed by atoms with E-state index in [-0.39, 0.29) is 20.9 Å². The van der Waals surface area contributed by atoms with Gasteiger partial charge in [-0.3, -0.25) is 14.4 Å². The average molecular weight is 1440 g/mol. The maximum absolute atomic E-state index is 2.58. The van der Waals surface area contributed by atoms with E-state index in [1.54, 1.807) is 0 Å². The van der Waals surface area contributed by atoms with Crippen LogP contribution in [-0.4, -0.2) is 20.9 Å². The van der Waals surface area contributed by atoms with Crippen molar-refractivity contribution in [2.24, 2.45) is 21.1 Å². The lowest BCUT2D eigenvalue weighted by atomic mass is 9.58. The molecule has 3 aliphatic rings. The predicted octanol–water partition coefficient (Wildman–Crippen LogP) is 20.6. The van der Waals surface area contributed by atoms with Gasteiger partial charge in [0, 0.05) is 33.5 Å². The minimum absolute atomic E-state index is 0.00759. The SMILES string of the molecule is Cc1ccccc1N1B(c2c(-c3ccccc3)cccc2-c2ccccc2)N(c2ccccc2)c2c(C)cc[n+](C)c21.Cc1ccccc1N1B(c2c(C(C)C)cccc2C(C)C)N(c2ccccc2)c2c(C)cc[n+](C)c21.Cc1ccccc1N1B(c2c(C)cccc2C)N(c2ccccc2)c2c(C)cc[n+](C)c21. The topological polar surface area (TPSA) is 31.1 Å². The monoisotopic (exact) mass is 1430 g/mol. The van der Waals surface area contributed by atoms with Crippen molar-refractivity contribution in [2.45, 2.75) is 94.9 Å². The summed E-state index contributed by atoms with van der Waals surface area (Å²) < 4.78 is 6.83. The predicted molar refractivity (Wildman–Crippen MR) is 467 cm³/mol. The zero-order chi connectivity index (χ0) is 76.6. The van der Waals surface area contributed by atoms with E-state index in [1.807, 2.05) is 0 Å². The standard InChI is InChI=1S/C38H33BN3.C32H37BN3.C28H29BN3/c1-28-16-13-14-25-35(28)42-38-37(29(2)26-27-40(38)3)41(32-21-11-6-12-22-32)39(42)36-33(30-17-7-4-8-18-30)23-15-24-34(36)31-19-9-5-10-20-31;1-22(2)27-17-13-18-28(23(3)4)30(27)33-35(26-15-9-8-10-16-26)31-25(6)20-21-34(7)32(31)36(33)29-19-12-11-14-24(29)5;1-20-12-9-10-17-25(20)32-28-27(23(4)18-19-30(28)5)31(24-15-7-6-8-16-24)29(32)26-21(2)13-11-14-22(26)3/h4-27H,1-3H3;8-23H,1-7H3;6-19H,1-5H3/q3*+1. The number of rotatable bonds is 13. The minimum atomic E-state index is -0.151. The molecule has 3 aliphatic heterocycles. The molecule has 0 unspecified atom stereocenters. The van der Waals surface area contributed by atoms with E-state index in [0.717, 1.165) is 5.69 Å². The van der Waals surface area contributed by atoms with E-state index >= 15 is 0 Å². The number of aromatic nitrogens is 3. The second-order valence-electron chi connectivity index (χ2n) is 30.5. The average Bonchev–Trinajstić information content (AvgIpc) is 1.56. The Hall–Kier alpha value is -12.1. The largest absolute Gasteiger partial charge is 0.543 e. The van der Waals surface area contributed by atoms with Gasteiger partial charge in [-0.2, -0.15) is 0 Å². The van der Waals surface area contributed by atoms with Crippen molar-refractivity contribution < 1.29 is 13.7 Å². The van der Waals surface area contributed by atoms with Crippen molar-refractivity contribution in [3.63, 3.8) is 0 Å². The smallest absolute Gasteiger partial charge is 0.333 e. The molecule has 11 aromatic carbocycles. The van der Waals surface area contributed by atoms with E-state index < -0.39 is 0 Å². The molecule has 17 rings (SSSR count). The van der Waals surface area contributed by atoms with Gasteiger partial charge in [0.1, 0.15) is 34.1 Å². The number of hydrogen-bond acceptors (Lipinski definition) is 6. The Bertz CT molecular complexity index is 5560. The molecule has 3 aromatic heterocycles. The number of benzene rings is 11. The Morgan fingerprint density at radius 1 is 0.236 bits per heavy atom. The van der Waals surface area contributed by atoms with Crippen LogP contribution in [0.5, 0.6) is 0 Å². The van der Waals surface area contributed by atoms with Gasteiger partial charge >= 0.3 is 20.9 Å². The number of aryl methyl sites for hydroxylation is 11. The highest BCUT2D eigenvalue weighted by atomic mass is 15.4. The van der Waals surface area contributed by atoms with E-state index in [9.17, 15) is 0 Å². The lowest BCUT2D eigenvalue weighted by molar-refractivity contribution is -0.657. The van der Waals surface area contributed by atoms with Gasteiger partial charge in [-0.1, -0.05) is 252 Å². The maximum Gasteiger partial charge on any atom is 0.543 e. The summed E-state index contributed by atoms with van der Waals surface area (Å²) in [7, 11) is 6.49. The second kappa shape index (κ2) is 31.2. The summed E-state index contributed by atoms with van der Waals surface area (Å²) in [6.07, 6.45) is 6.56. The molecule has 12 heteroatoms. The first-order chi connectivity index (χ1) is 53.4. The van der Waals surface area contributed by atoms with Gasteiger partial charge in [-0.25, -0.2) is 13.7 Å². The van der Waals surface area contributed by atoms with Crippen molar-refractivity contribution in [2.75, 3.05) is 28.9 Å². The first kappa shape index (κ1) is 73.4. The van der Waals surface area contributed by atoms with Crippen molar-refractivity contribution in [1.82, 2.24) is 0 Å². The molecule has 110 heavy (non-hydrogen) atoms. The van der Waals surface area contributed by atoms with E-state index in [4.69, 9.17) is 0 Å². The highest BCUT2D eigenvalue weighted by Crippen LogP contribution is 2.51. The number of hydrogen-bond donors (Lipinski definition) is 0. The molecule has 0 bridgehead atoms. The molecule has 0 saturated heterocycles. The van der Waals surface area contributed by atoms with E-state index in [1.165, 1.54) is 157 Å². The normalized spacial score (nSPS) is 12.9. The molecular weight excluding hydrogens is 1340 g/mol. The maximum atomic E-state index is 2.58. The van der Waals surface area contributed by atoms with Crippen LogP contribution in [0.1, 0.15) is 95.2 Å². The highest BCUT2D eigenvalue weighted by Gasteiger charge is 2.58. The van der Waals surface area contributed by atoms with Crippen LogP contribution < -0.4 is 59.0 Å². The summed E-state index contributed by atoms with van der Waals surface area (Å²) in [6.45, 7) is 26.9. The van der Waals surface area contributed by atoms with Gasteiger partial charge < -0.3 is 14.4 Å². The summed E-state index contributed by atoms with van der Waals surface area (Å²) in [5.41, 5.74) is 33.0. The lowest BCUT2D eigenvalue weighted by Gasteiger charge is -2.30. The summed E-state index contributed by atoms with van der Waals surface area (Å²) in [6, 6.07) is 107. The molecule has 6 heterocycles. The molecule has 0 fully saturated rings. The number of para-hydroxylation sites is 6. The van der Waals surface area contributed by atoms with Crippen LogP contribution in [0.15, 0.2) is 316 Å². The van der Waals surface area contributed by atoms with E-state index in [0.29, 0.717) is 11.8 Å². The lowest BCUT2D eigenvalue weighted by Crippen LogP contribution is -2.57. The van der Waals surface area contributed by atoms with Gasteiger partial charge in [0.2, 0.25) is 0 Å². The third kappa shape index (κ3) is 13.4. The quantitative estimate of drug-likeness (QED) is 0.0845. The molecule has 14 aromatic rings. The van der Waals surface area contributed by atoms with Crippen molar-refractivity contribution in [3.8, 4) is 22.3 Å². The molecule has 0 saturated carbocycles. The van der Waals surface area contributed by atoms with Gasteiger partial charge in [-0.05, 0) is 218 Å². The third-order valence-corrected chi connectivity index (χ3v) is 22.5. The molecule has 542 valence electrons. The number of anilines is 12. The van der Waals surface area contributed by atoms with Crippen LogP contribution in [-0.2, 0) is 21.1 Å². The molecular formula is C98H99B3N9+3. The Balaban J connectivity index is 0.000000132. The first-order valence-electron chi connectivity index (χ1n) is 38.9. The van der Waals surface area contributed by atoms with Gasteiger partial charge in [-0.15, -0.1) is 0 Å². The highest BCUT2D eigenvalue weighted by molar-refractivity contribution is 6.87. The fourth-order valence-electron chi connectivity index (χ4n) is 17.3. The molecule has 0 aliphatic carbocycles. The first-order valence-corrected chi connectivity index (χ1v) is 38.9. The van der Waals surface area contributed by atoms with Gasteiger partial charge in [0.25, 0.3) is 17.5 Å². The summed E-state index contributed by atoms with van der Waals surface area (Å²) in [5.74, 6) is 4.45. The summed E-state index contributed by atoms with van der Waals surface area (Å²) in [4.78, 5) is 15.3. The summed E-state index contributed by atoms with van der Waals surface area (Å²) >= 11 is 0. The van der Waals surface area contributed by atoms with Gasteiger partial charge in [0.05, 0.1) is 39.7 Å². The van der Waals surface area contributed by atoms with Crippen LogP contribution in [0.25, 0.3) is 22.3 Å². The van der Waals surface area contributed by atoms with Crippen molar-refractivity contribution in [1.29, 1.82) is 0 Å². The molecule has 0 atom stereocenters. The van der Waals surface area contributed by atoms with Crippen LogP contribution in [0.3, 0.4) is 0 Å². The van der Waals surface area contributed by atoms with Crippen LogP contribution in [0.4, 0.5) is 68.6 Å². The van der Waals surface area contributed by atoms with Crippen molar-refractivity contribution >= 4 is 106 Å². The van der Waals surface area contributed by atoms with Crippen LogP contribution in [0, 0.1) is 55.4 Å². The number of nitrogens with zero attached hydrogens (tertiary/aromatic N) is 9. The Labute approximate surface area is 654 Å². The zero-order valence-electron chi connectivity index (χ0n) is 66.4. The fraction of sp³-hybridized carbons (Fsp3) is 0.173. The van der Waals surface area contributed by atoms with Crippen LogP contribution in [0.2, 0.25) is 0 Å². The Kier molecular flexibility index (Phi) is 20.8. The number of pyridine rings is 3. The Morgan fingerprint density at radius 2 is 0.500 bits per heavy atom. The number of fused-ring (bicyclic) bond motifs is 3. The minimum Gasteiger partial charge on any atom is -0.333 e. The van der Waals surface area contributed by atoms with Gasteiger partial charge in [0.15, 0.2) is 0 Å². The molecule has 0 N–H and O–H groups in total. The Morgan fingerprint density at radius 3 is 0.818 bits per heavy atom. The van der Waals surface area contributed by atoms with Crippen LogP contribution >= 0.6 is 0 Å². The zero-order valence-corrected chi connectivity index (χ0v) is 66.4. The second-order valence-corrected chi connectivity index (χ2v) is 30.5. The molecule has 0 amide bonds. The van der Waals surface area contributed by atoms with E-state index in [2.05, 4.69) is 463 Å². The molecule has 0 radical (unpaired) electrons.